The van der Waals surface area contributed by atoms with Gasteiger partial charge in [0.2, 0.25) is 5.91 Å². The second-order valence-electron chi connectivity index (χ2n) is 7.73. The monoisotopic (exact) mass is 354 g/mol. The van der Waals surface area contributed by atoms with Crippen LogP contribution in [-0.4, -0.2) is 47.3 Å². The molecule has 138 valence electrons. The number of carbonyl (C=O) groups excluding carboxylic acids is 2. The minimum absolute atomic E-state index is 0.0730. The minimum atomic E-state index is -0.0839. The molecule has 0 spiro atoms. The summed E-state index contributed by atoms with van der Waals surface area (Å²) in [6.07, 6.45) is 2.81. The largest absolute Gasteiger partial charge is 0.451 e. The van der Waals surface area contributed by atoms with Gasteiger partial charge in [-0.1, -0.05) is 19.1 Å². The lowest BCUT2D eigenvalue weighted by Crippen LogP contribution is -2.48. The fraction of sp³-hybridized carbons (Fsp3) is 0.524. The van der Waals surface area contributed by atoms with E-state index in [2.05, 4.69) is 6.92 Å². The van der Waals surface area contributed by atoms with E-state index >= 15 is 0 Å². The van der Waals surface area contributed by atoms with E-state index in [4.69, 9.17) is 4.42 Å². The first-order valence-electron chi connectivity index (χ1n) is 9.59. The first kappa shape index (κ1) is 17.1. The Balaban J connectivity index is 1.65. The van der Waals surface area contributed by atoms with Gasteiger partial charge in [-0.3, -0.25) is 9.59 Å². The van der Waals surface area contributed by atoms with Gasteiger partial charge < -0.3 is 14.2 Å². The van der Waals surface area contributed by atoms with Gasteiger partial charge in [0.05, 0.1) is 5.92 Å². The number of rotatable bonds is 3. The third-order valence-electron chi connectivity index (χ3n) is 5.83. The Morgan fingerprint density at radius 2 is 2.04 bits per heavy atom. The van der Waals surface area contributed by atoms with E-state index in [1.54, 1.807) is 0 Å². The van der Waals surface area contributed by atoms with E-state index in [-0.39, 0.29) is 23.8 Å². The molecular weight excluding hydrogens is 328 g/mol. The van der Waals surface area contributed by atoms with Crippen LogP contribution in [0.3, 0.4) is 0 Å². The first-order chi connectivity index (χ1) is 12.5. The number of fused-ring (bicyclic) bond motifs is 5. The molecule has 0 saturated carbocycles. The van der Waals surface area contributed by atoms with Crippen LogP contribution in [0.2, 0.25) is 0 Å². The Bertz CT molecular complexity index is 870. The number of aryl methyl sites for hydroxylation is 2. The van der Waals surface area contributed by atoms with Crippen LogP contribution in [0.1, 0.15) is 47.9 Å². The average Bonchev–Trinajstić information content (AvgIpc) is 2.76. The predicted octanol–water partition coefficient (Wildman–Crippen LogP) is 3.52. The van der Waals surface area contributed by atoms with Crippen LogP contribution < -0.4 is 0 Å². The maximum Gasteiger partial charge on any atom is 0.289 e. The van der Waals surface area contributed by atoms with E-state index < -0.39 is 0 Å². The third-order valence-corrected chi connectivity index (χ3v) is 5.83. The van der Waals surface area contributed by atoms with Gasteiger partial charge in [-0.25, -0.2) is 0 Å². The summed E-state index contributed by atoms with van der Waals surface area (Å²) in [5, 5.41) is 0.987. The molecule has 5 heteroatoms. The van der Waals surface area contributed by atoms with Crippen molar-refractivity contribution < 1.29 is 14.0 Å². The highest BCUT2D eigenvalue weighted by atomic mass is 16.3. The molecule has 2 bridgehead atoms. The molecule has 0 N–H and O–H groups in total. The van der Waals surface area contributed by atoms with Crippen LogP contribution in [-0.2, 0) is 4.79 Å². The van der Waals surface area contributed by atoms with Crippen molar-refractivity contribution in [2.45, 2.75) is 46.1 Å². The number of benzene rings is 1. The lowest BCUT2D eigenvalue weighted by Gasteiger charge is -2.35. The third kappa shape index (κ3) is 2.70. The van der Waals surface area contributed by atoms with Crippen molar-refractivity contribution in [1.82, 2.24) is 9.80 Å². The van der Waals surface area contributed by atoms with Crippen LogP contribution in [0.5, 0.6) is 0 Å². The second kappa shape index (κ2) is 6.45. The summed E-state index contributed by atoms with van der Waals surface area (Å²) < 4.78 is 5.94. The SMILES string of the molecule is CCCN1C(=O)[C@@H]2CC[C@H]1CN(C(=O)c1oc3cc(C)ccc3c1C)C2. The van der Waals surface area contributed by atoms with Gasteiger partial charge in [0, 0.05) is 36.6 Å². The van der Waals surface area contributed by atoms with Crippen molar-refractivity contribution in [2.75, 3.05) is 19.6 Å². The van der Waals surface area contributed by atoms with Gasteiger partial charge in [0.1, 0.15) is 5.58 Å². The van der Waals surface area contributed by atoms with E-state index in [1.807, 2.05) is 41.8 Å². The average molecular weight is 354 g/mol. The fourth-order valence-corrected chi connectivity index (χ4v) is 4.42. The maximum atomic E-state index is 13.2. The molecule has 0 aliphatic carbocycles. The molecule has 2 aromatic rings. The highest BCUT2D eigenvalue weighted by Gasteiger charge is 2.42. The zero-order chi connectivity index (χ0) is 18.4. The summed E-state index contributed by atoms with van der Waals surface area (Å²) >= 11 is 0. The van der Waals surface area contributed by atoms with Crippen molar-refractivity contribution in [3.63, 3.8) is 0 Å². The Morgan fingerprint density at radius 3 is 2.81 bits per heavy atom. The van der Waals surface area contributed by atoms with Gasteiger partial charge in [-0.15, -0.1) is 0 Å². The standard InChI is InChI=1S/C21H26N2O3/c1-4-9-23-16-7-6-15(20(23)24)11-22(12-16)21(25)19-14(3)17-8-5-13(2)10-18(17)26-19/h5,8,10,15-16H,4,6-7,9,11-12H2,1-3H3/t15-,16+/m1/s1. The van der Waals surface area contributed by atoms with Gasteiger partial charge in [-0.05, 0) is 44.7 Å². The molecule has 0 unspecified atom stereocenters. The van der Waals surface area contributed by atoms with Crippen molar-refractivity contribution in [2.24, 2.45) is 5.92 Å². The quantitative estimate of drug-likeness (QED) is 0.847. The number of piperidine rings is 1. The lowest BCUT2D eigenvalue weighted by molar-refractivity contribution is -0.139. The normalized spacial score (nSPS) is 23.0. The van der Waals surface area contributed by atoms with Crippen molar-refractivity contribution in [3.8, 4) is 0 Å². The van der Waals surface area contributed by atoms with Crippen molar-refractivity contribution in [3.05, 3.63) is 35.1 Å². The smallest absolute Gasteiger partial charge is 0.289 e. The summed E-state index contributed by atoms with van der Waals surface area (Å²) in [7, 11) is 0. The van der Waals surface area contributed by atoms with Crippen LogP contribution in [0.15, 0.2) is 22.6 Å². The van der Waals surface area contributed by atoms with E-state index in [0.717, 1.165) is 47.9 Å². The van der Waals surface area contributed by atoms with E-state index in [9.17, 15) is 9.59 Å². The van der Waals surface area contributed by atoms with E-state index in [0.29, 0.717) is 18.8 Å². The molecule has 3 fully saturated rings. The predicted molar refractivity (Wildman–Crippen MR) is 100 cm³/mol. The summed E-state index contributed by atoms with van der Waals surface area (Å²) in [4.78, 5) is 29.8. The Labute approximate surface area is 153 Å². The van der Waals surface area contributed by atoms with Gasteiger partial charge in [0.25, 0.3) is 5.91 Å². The second-order valence-corrected chi connectivity index (χ2v) is 7.73. The Hall–Kier alpha value is -2.30. The highest BCUT2D eigenvalue weighted by Crippen LogP contribution is 2.32. The molecule has 26 heavy (non-hydrogen) atoms. The molecule has 2 atom stereocenters. The van der Waals surface area contributed by atoms with Crippen molar-refractivity contribution >= 4 is 22.8 Å². The number of carbonyl (C=O) groups is 2. The van der Waals surface area contributed by atoms with Crippen molar-refractivity contribution in [1.29, 1.82) is 0 Å². The minimum Gasteiger partial charge on any atom is -0.451 e. The zero-order valence-electron chi connectivity index (χ0n) is 15.7. The van der Waals surface area contributed by atoms with Gasteiger partial charge in [-0.2, -0.15) is 0 Å². The van der Waals surface area contributed by atoms with Crippen LogP contribution in [0, 0.1) is 19.8 Å². The van der Waals surface area contributed by atoms with Crippen LogP contribution in [0.4, 0.5) is 0 Å². The molecule has 1 aromatic carbocycles. The molecule has 4 heterocycles. The highest BCUT2D eigenvalue weighted by molar-refractivity contribution is 5.99. The van der Waals surface area contributed by atoms with Gasteiger partial charge in [0.15, 0.2) is 5.76 Å². The molecule has 5 rings (SSSR count). The first-order valence-corrected chi connectivity index (χ1v) is 9.59. The summed E-state index contributed by atoms with van der Waals surface area (Å²) in [6, 6.07) is 6.15. The molecule has 5 nitrogen and oxygen atoms in total. The zero-order valence-corrected chi connectivity index (χ0v) is 15.7. The van der Waals surface area contributed by atoms with E-state index in [1.165, 1.54) is 0 Å². The molecule has 1 aromatic heterocycles. The fourth-order valence-electron chi connectivity index (χ4n) is 4.42. The molecule has 3 saturated heterocycles. The Morgan fingerprint density at radius 1 is 1.23 bits per heavy atom. The summed E-state index contributed by atoms with van der Waals surface area (Å²) in [5.74, 6) is 0.479. The lowest BCUT2D eigenvalue weighted by atomic mass is 9.94. The molecular formula is C21H26N2O3. The Kier molecular flexibility index (Phi) is 4.25. The molecule has 2 amide bonds. The number of nitrogens with zero attached hydrogens (tertiary/aromatic N) is 2. The summed E-state index contributed by atoms with van der Waals surface area (Å²) in [5.41, 5.74) is 2.75. The number of furan rings is 1. The number of amides is 2. The number of hydrogen-bond donors (Lipinski definition) is 0. The maximum absolute atomic E-state index is 13.2. The van der Waals surface area contributed by atoms with Gasteiger partial charge >= 0.3 is 0 Å². The number of hydrogen-bond acceptors (Lipinski definition) is 3. The molecule has 3 aliphatic rings. The molecule has 0 radical (unpaired) electrons. The van der Waals surface area contributed by atoms with Crippen LogP contribution in [0.25, 0.3) is 11.0 Å². The summed E-state index contributed by atoms with van der Waals surface area (Å²) in [6.45, 7) is 7.94. The topological polar surface area (TPSA) is 53.8 Å². The van der Waals surface area contributed by atoms with Crippen LogP contribution >= 0.6 is 0 Å². The molecule has 3 aliphatic heterocycles.